The normalized spacial score (nSPS) is 19.5. The van der Waals surface area contributed by atoms with Crippen LogP contribution in [0.15, 0.2) is 60.7 Å². The van der Waals surface area contributed by atoms with Gasteiger partial charge in [-0.1, -0.05) is 48.5 Å². The molecule has 2 saturated heterocycles. The van der Waals surface area contributed by atoms with Gasteiger partial charge >= 0.3 is 0 Å². The van der Waals surface area contributed by atoms with Gasteiger partial charge in [0.05, 0.1) is 5.92 Å². The molecule has 2 heterocycles. The van der Waals surface area contributed by atoms with Gasteiger partial charge in [0.2, 0.25) is 17.7 Å². The molecule has 1 unspecified atom stereocenters. The summed E-state index contributed by atoms with van der Waals surface area (Å²) in [6.45, 7) is 3.75. The zero-order chi connectivity index (χ0) is 24.8. The lowest BCUT2D eigenvalue weighted by Gasteiger charge is -2.42. The molecule has 7 nitrogen and oxygen atoms in total. The van der Waals surface area contributed by atoms with Crippen LogP contribution in [0, 0.1) is 5.92 Å². The van der Waals surface area contributed by atoms with Crippen molar-refractivity contribution in [2.45, 2.75) is 37.5 Å². The van der Waals surface area contributed by atoms with Crippen molar-refractivity contribution in [3.8, 4) is 0 Å². The number of hydrogen-bond donors (Lipinski definition) is 1. The average molecular weight is 513 g/mol. The summed E-state index contributed by atoms with van der Waals surface area (Å²) >= 11 is 0. The van der Waals surface area contributed by atoms with Crippen molar-refractivity contribution >= 4 is 35.8 Å². The fourth-order valence-electron chi connectivity index (χ4n) is 5.57. The molecule has 1 atom stereocenters. The Morgan fingerprint density at radius 1 is 1.03 bits per heavy atom. The first kappa shape index (κ1) is 27.7. The predicted molar refractivity (Wildman–Crippen MR) is 144 cm³/mol. The Kier molecular flexibility index (Phi) is 9.51. The molecule has 3 amide bonds. The largest absolute Gasteiger partial charge is 0.370 e. The molecule has 0 bridgehead atoms. The van der Waals surface area contributed by atoms with Crippen LogP contribution < -0.4 is 10.6 Å². The maximum Gasteiger partial charge on any atom is 0.232 e. The lowest BCUT2D eigenvalue weighted by atomic mass is 9.70. The van der Waals surface area contributed by atoms with E-state index in [9.17, 15) is 14.4 Å². The number of para-hydroxylation sites is 1. The molecule has 0 radical (unpaired) electrons. The zero-order valence-electron chi connectivity index (χ0n) is 21.0. The van der Waals surface area contributed by atoms with E-state index >= 15 is 0 Å². The smallest absolute Gasteiger partial charge is 0.232 e. The van der Waals surface area contributed by atoms with Crippen molar-refractivity contribution in [3.63, 3.8) is 0 Å². The minimum Gasteiger partial charge on any atom is -0.370 e. The number of carbonyl (C=O) groups excluding carboxylic acids is 3. The van der Waals surface area contributed by atoms with Crippen LogP contribution in [-0.4, -0.2) is 67.3 Å². The SMILES string of the molecule is CN1CC(C(=O)N(CCCN2CCC(CC(N)=O)(c3ccccc3)CC2)c2ccccc2)CC1=O.Cl. The number of likely N-dealkylation sites (tertiary alicyclic amines) is 2. The second kappa shape index (κ2) is 12.4. The highest BCUT2D eigenvalue weighted by molar-refractivity contribution is 5.99. The van der Waals surface area contributed by atoms with Crippen molar-refractivity contribution < 1.29 is 14.4 Å². The number of carbonyl (C=O) groups is 3. The number of anilines is 1. The van der Waals surface area contributed by atoms with Crippen LogP contribution >= 0.6 is 12.4 Å². The summed E-state index contributed by atoms with van der Waals surface area (Å²) in [5.41, 5.74) is 7.50. The van der Waals surface area contributed by atoms with E-state index in [-0.39, 0.29) is 47.9 Å². The van der Waals surface area contributed by atoms with Gasteiger partial charge in [0.1, 0.15) is 0 Å². The minimum absolute atomic E-state index is 0. The molecular weight excluding hydrogens is 476 g/mol. The summed E-state index contributed by atoms with van der Waals surface area (Å²) in [7, 11) is 1.76. The standard InChI is InChI=1S/C28H36N4O3.ClH/c1-30-21-22(19-26(30)34)27(35)32(24-11-6-3-7-12-24)16-8-15-31-17-13-28(14-18-31,20-25(29)33)23-9-4-2-5-10-23;/h2-7,9-12,22H,8,13-21H2,1H3,(H2,29,33);1H. The molecular formula is C28H37ClN4O3. The molecule has 0 saturated carbocycles. The van der Waals surface area contributed by atoms with Gasteiger partial charge in [-0.15, -0.1) is 12.4 Å². The third-order valence-electron chi connectivity index (χ3n) is 7.59. The summed E-state index contributed by atoms with van der Waals surface area (Å²) in [6, 6.07) is 20.0. The van der Waals surface area contributed by atoms with Gasteiger partial charge in [-0.3, -0.25) is 14.4 Å². The van der Waals surface area contributed by atoms with Crippen molar-refractivity contribution in [2.24, 2.45) is 11.7 Å². The summed E-state index contributed by atoms with van der Waals surface area (Å²) in [5, 5.41) is 0. The summed E-state index contributed by atoms with van der Waals surface area (Å²) < 4.78 is 0. The van der Waals surface area contributed by atoms with Crippen molar-refractivity contribution in [1.82, 2.24) is 9.80 Å². The molecule has 4 rings (SSSR count). The van der Waals surface area contributed by atoms with Gasteiger partial charge in [-0.05, 0) is 56.6 Å². The Hall–Kier alpha value is -2.90. The molecule has 2 N–H and O–H groups in total. The fourth-order valence-corrected chi connectivity index (χ4v) is 5.57. The van der Waals surface area contributed by atoms with Gasteiger partial charge in [-0.2, -0.15) is 0 Å². The van der Waals surface area contributed by atoms with E-state index in [1.807, 2.05) is 53.4 Å². The van der Waals surface area contributed by atoms with E-state index in [0.29, 0.717) is 19.5 Å². The quantitative estimate of drug-likeness (QED) is 0.559. The third-order valence-corrected chi connectivity index (χ3v) is 7.59. The number of piperidine rings is 1. The van der Waals surface area contributed by atoms with Crippen LogP contribution in [-0.2, 0) is 19.8 Å². The van der Waals surface area contributed by atoms with E-state index in [4.69, 9.17) is 5.73 Å². The molecule has 0 aromatic heterocycles. The van der Waals surface area contributed by atoms with Gasteiger partial charge in [0, 0.05) is 44.1 Å². The van der Waals surface area contributed by atoms with Gasteiger partial charge in [-0.25, -0.2) is 0 Å². The predicted octanol–water partition coefficient (Wildman–Crippen LogP) is 3.22. The van der Waals surface area contributed by atoms with Crippen LogP contribution in [0.4, 0.5) is 5.69 Å². The molecule has 2 aromatic carbocycles. The maximum atomic E-state index is 13.4. The Bertz CT molecular complexity index is 1030. The van der Waals surface area contributed by atoms with E-state index in [1.54, 1.807) is 11.9 Å². The summed E-state index contributed by atoms with van der Waals surface area (Å²) in [5.74, 6) is -0.488. The summed E-state index contributed by atoms with van der Waals surface area (Å²) in [6.07, 6.45) is 3.27. The number of nitrogens with two attached hydrogens (primary N) is 1. The molecule has 2 aliphatic rings. The van der Waals surface area contributed by atoms with Gasteiger partial charge in [0.25, 0.3) is 0 Å². The van der Waals surface area contributed by atoms with Crippen molar-refractivity contribution in [2.75, 3.05) is 44.7 Å². The molecule has 8 heteroatoms. The number of hydrogen-bond acceptors (Lipinski definition) is 4. The number of rotatable bonds is 9. The number of amides is 3. The maximum absolute atomic E-state index is 13.4. The Morgan fingerprint density at radius 2 is 1.64 bits per heavy atom. The molecule has 36 heavy (non-hydrogen) atoms. The highest BCUT2D eigenvalue weighted by atomic mass is 35.5. The third kappa shape index (κ3) is 6.45. The Morgan fingerprint density at radius 3 is 2.19 bits per heavy atom. The average Bonchev–Trinajstić information content (AvgIpc) is 3.21. The van der Waals surface area contributed by atoms with Gasteiger partial charge in [0.15, 0.2) is 0 Å². The molecule has 0 spiro atoms. The van der Waals surface area contributed by atoms with Gasteiger partial charge < -0.3 is 20.4 Å². The Labute approximate surface area is 220 Å². The number of halogens is 1. The molecule has 2 aliphatic heterocycles. The topological polar surface area (TPSA) is 86.9 Å². The van der Waals surface area contributed by atoms with Crippen LogP contribution in [0.1, 0.15) is 37.7 Å². The van der Waals surface area contributed by atoms with E-state index in [0.717, 1.165) is 44.6 Å². The molecule has 194 valence electrons. The molecule has 0 aliphatic carbocycles. The highest BCUT2D eigenvalue weighted by Crippen LogP contribution is 2.38. The zero-order valence-corrected chi connectivity index (χ0v) is 21.8. The second-order valence-electron chi connectivity index (χ2n) is 9.99. The molecule has 2 fully saturated rings. The van der Waals surface area contributed by atoms with E-state index in [1.165, 1.54) is 5.56 Å². The first-order valence-corrected chi connectivity index (χ1v) is 12.5. The number of primary amides is 1. The first-order valence-electron chi connectivity index (χ1n) is 12.5. The number of benzene rings is 2. The van der Waals surface area contributed by atoms with Crippen LogP contribution in [0.5, 0.6) is 0 Å². The first-order chi connectivity index (χ1) is 16.9. The van der Waals surface area contributed by atoms with E-state index in [2.05, 4.69) is 17.0 Å². The second-order valence-corrected chi connectivity index (χ2v) is 9.99. The van der Waals surface area contributed by atoms with Crippen LogP contribution in [0.3, 0.4) is 0 Å². The van der Waals surface area contributed by atoms with Crippen LogP contribution in [0.2, 0.25) is 0 Å². The highest BCUT2D eigenvalue weighted by Gasteiger charge is 2.38. The van der Waals surface area contributed by atoms with Crippen LogP contribution in [0.25, 0.3) is 0 Å². The lowest BCUT2D eigenvalue weighted by Crippen LogP contribution is -2.45. The summed E-state index contributed by atoms with van der Waals surface area (Å²) in [4.78, 5) is 43.1. The molecule has 2 aromatic rings. The number of nitrogens with zero attached hydrogens (tertiary/aromatic N) is 3. The van der Waals surface area contributed by atoms with Crippen molar-refractivity contribution in [1.29, 1.82) is 0 Å². The lowest BCUT2D eigenvalue weighted by molar-refractivity contribution is -0.127. The monoisotopic (exact) mass is 512 g/mol. The Balaban J connectivity index is 0.00000361. The van der Waals surface area contributed by atoms with Crippen molar-refractivity contribution in [3.05, 3.63) is 66.2 Å². The minimum atomic E-state index is -0.289. The fraction of sp³-hybridized carbons (Fsp3) is 0.464. The van der Waals surface area contributed by atoms with E-state index < -0.39 is 0 Å².